The number of ether oxygens (including phenoxy) is 2. The van der Waals surface area contributed by atoms with Gasteiger partial charge in [0.2, 0.25) is 11.8 Å². The van der Waals surface area contributed by atoms with Gasteiger partial charge >= 0.3 is 0 Å². The number of hydrogen-bond donors (Lipinski definition) is 1. The number of hydrogen-bond acceptors (Lipinski definition) is 5. The van der Waals surface area contributed by atoms with E-state index in [1.54, 1.807) is 38.5 Å². The second-order valence-corrected chi connectivity index (χ2v) is 8.53. The summed E-state index contributed by atoms with van der Waals surface area (Å²) in [5.74, 6) is 1.62. The van der Waals surface area contributed by atoms with Gasteiger partial charge < -0.3 is 19.2 Å². The Balaban J connectivity index is 1.52. The molecule has 162 valence electrons. The lowest BCUT2D eigenvalue weighted by Crippen LogP contribution is -2.07. The summed E-state index contributed by atoms with van der Waals surface area (Å²) in [6, 6.07) is 16.5. The number of carbonyl (C=O) groups is 1. The van der Waals surface area contributed by atoms with Crippen LogP contribution in [-0.4, -0.2) is 25.1 Å². The lowest BCUT2D eigenvalue weighted by atomic mass is 10.2. The maximum absolute atomic E-state index is 12.4. The Bertz CT molecular complexity index is 1330. The zero-order valence-corrected chi connectivity index (χ0v) is 20.4. The highest BCUT2D eigenvalue weighted by molar-refractivity contribution is 9.10. The number of anilines is 1. The third-order valence-corrected chi connectivity index (χ3v) is 5.77. The average Bonchev–Trinajstić information content (AvgIpc) is 3.21. The molecule has 1 aromatic heterocycles. The van der Waals surface area contributed by atoms with E-state index in [2.05, 4.69) is 42.2 Å². The number of oxazole rings is 1. The van der Waals surface area contributed by atoms with Crippen LogP contribution in [0.15, 0.2) is 74.0 Å². The molecule has 1 N–H and O–H groups in total. The number of benzene rings is 3. The molecule has 3 aromatic carbocycles. The second kappa shape index (κ2) is 9.58. The van der Waals surface area contributed by atoms with E-state index in [0.717, 1.165) is 25.8 Å². The zero-order valence-electron chi connectivity index (χ0n) is 17.2. The first-order valence-electron chi connectivity index (χ1n) is 9.54. The Morgan fingerprint density at radius 1 is 1.00 bits per heavy atom. The molecule has 0 unspecified atom stereocenters. The normalized spacial score (nSPS) is 11.1. The Labute approximate surface area is 201 Å². The second-order valence-electron chi connectivity index (χ2n) is 6.76. The lowest BCUT2D eigenvalue weighted by molar-refractivity contribution is -0.111. The average molecular weight is 558 g/mol. The fraction of sp³-hybridized carbons (Fsp3) is 0.0833. The van der Waals surface area contributed by atoms with Gasteiger partial charge in [-0.3, -0.25) is 4.79 Å². The number of rotatable bonds is 6. The molecular weight excluding hydrogens is 540 g/mol. The van der Waals surface area contributed by atoms with Crippen molar-refractivity contribution in [2.75, 3.05) is 19.5 Å². The van der Waals surface area contributed by atoms with Gasteiger partial charge in [0, 0.05) is 27.4 Å². The molecule has 0 bridgehead atoms. The van der Waals surface area contributed by atoms with Gasteiger partial charge in [-0.15, -0.1) is 0 Å². The first kappa shape index (κ1) is 22.1. The highest BCUT2D eigenvalue weighted by Gasteiger charge is 2.12. The molecule has 0 atom stereocenters. The summed E-state index contributed by atoms with van der Waals surface area (Å²) in [6.07, 6.45) is 3.16. The van der Waals surface area contributed by atoms with Crippen LogP contribution in [0.5, 0.6) is 11.5 Å². The first-order valence-corrected chi connectivity index (χ1v) is 11.1. The lowest BCUT2D eigenvalue weighted by Gasteiger charge is -2.05. The van der Waals surface area contributed by atoms with Crippen molar-refractivity contribution in [3.63, 3.8) is 0 Å². The van der Waals surface area contributed by atoms with Crippen LogP contribution in [0.4, 0.5) is 5.69 Å². The highest BCUT2D eigenvalue weighted by Crippen LogP contribution is 2.32. The molecule has 1 amide bonds. The quantitative estimate of drug-likeness (QED) is 0.267. The number of nitrogens with one attached hydrogen (secondary N) is 1. The van der Waals surface area contributed by atoms with E-state index in [1.807, 2.05) is 36.4 Å². The molecule has 0 fully saturated rings. The third-order valence-electron chi connectivity index (χ3n) is 4.66. The largest absolute Gasteiger partial charge is 0.496 e. The van der Waals surface area contributed by atoms with E-state index in [9.17, 15) is 4.79 Å². The molecule has 32 heavy (non-hydrogen) atoms. The van der Waals surface area contributed by atoms with Crippen LogP contribution in [0, 0.1) is 0 Å². The number of amides is 1. The van der Waals surface area contributed by atoms with Gasteiger partial charge in [-0.1, -0.05) is 15.9 Å². The summed E-state index contributed by atoms with van der Waals surface area (Å²) < 4.78 is 18.2. The first-order chi connectivity index (χ1) is 15.5. The molecule has 8 heteroatoms. The van der Waals surface area contributed by atoms with Crippen molar-refractivity contribution in [1.82, 2.24) is 4.98 Å². The van der Waals surface area contributed by atoms with Crippen LogP contribution in [0.1, 0.15) is 5.56 Å². The fourth-order valence-electron chi connectivity index (χ4n) is 3.11. The molecule has 0 aliphatic heterocycles. The van der Waals surface area contributed by atoms with Crippen molar-refractivity contribution in [2.45, 2.75) is 0 Å². The van der Waals surface area contributed by atoms with Gasteiger partial charge in [-0.05, 0) is 76.6 Å². The summed E-state index contributed by atoms with van der Waals surface area (Å²) in [7, 11) is 3.20. The summed E-state index contributed by atoms with van der Waals surface area (Å²) >= 11 is 6.90. The molecule has 6 nitrogen and oxygen atoms in total. The standard InChI is InChI=1S/C24H18Br2N2O4/c1-30-20-8-5-16(25)11-14(20)4-10-23(29)27-17-6-9-22-19(13-17)28-24(32-22)15-3-7-21(31-2)18(26)12-15/h3-13H,1-2H3,(H,27,29)/b10-4+. The molecule has 4 rings (SSSR count). The number of methoxy groups -OCH3 is 2. The van der Waals surface area contributed by atoms with Gasteiger partial charge in [0.1, 0.15) is 17.0 Å². The molecule has 0 radical (unpaired) electrons. The molecule has 0 spiro atoms. The number of carbonyl (C=O) groups excluding carboxylic acids is 1. The summed E-state index contributed by atoms with van der Waals surface area (Å²) in [5, 5.41) is 2.85. The Morgan fingerprint density at radius 3 is 2.53 bits per heavy atom. The van der Waals surface area contributed by atoms with Gasteiger partial charge in [0.25, 0.3) is 0 Å². The topological polar surface area (TPSA) is 73.6 Å². The van der Waals surface area contributed by atoms with Crippen molar-refractivity contribution in [3.05, 3.63) is 75.2 Å². The van der Waals surface area contributed by atoms with Crippen molar-refractivity contribution < 1.29 is 18.7 Å². The highest BCUT2D eigenvalue weighted by atomic mass is 79.9. The number of halogens is 2. The SMILES string of the molecule is COc1ccc(-c2nc3cc(NC(=O)/C=C/c4cc(Br)ccc4OC)ccc3o2)cc1Br. The summed E-state index contributed by atoms with van der Waals surface area (Å²) in [6.45, 7) is 0. The minimum absolute atomic E-state index is 0.269. The minimum atomic E-state index is -0.269. The van der Waals surface area contributed by atoms with Crippen molar-refractivity contribution >= 4 is 60.6 Å². The van der Waals surface area contributed by atoms with Crippen LogP contribution in [0.2, 0.25) is 0 Å². The number of aromatic nitrogens is 1. The molecule has 0 saturated carbocycles. The van der Waals surface area contributed by atoms with Gasteiger partial charge in [0.05, 0.1) is 18.7 Å². The van der Waals surface area contributed by atoms with Crippen LogP contribution in [0.25, 0.3) is 28.6 Å². The van der Waals surface area contributed by atoms with Crippen molar-refractivity contribution in [1.29, 1.82) is 0 Å². The molecule has 0 saturated heterocycles. The molecule has 0 aliphatic rings. The molecular formula is C24H18Br2N2O4. The predicted octanol–water partition coefficient (Wildman–Crippen LogP) is 6.69. The Morgan fingerprint density at radius 2 is 1.78 bits per heavy atom. The summed E-state index contributed by atoms with van der Waals surface area (Å²) in [5.41, 5.74) is 3.48. The van der Waals surface area contributed by atoms with E-state index in [-0.39, 0.29) is 5.91 Å². The molecule has 4 aromatic rings. The van der Waals surface area contributed by atoms with E-state index in [4.69, 9.17) is 13.9 Å². The van der Waals surface area contributed by atoms with Crippen LogP contribution >= 0.6 is 31.9 Å². The van der Waals surface area contributed by atoms with Crippen molar-refractivity contribution in [3.8, 4) is 23.0 Å². The number of nitrogens with zero attached hydrogens (tertiary/aromatic N) is 1. The number of fused-ring (bicyclic) bond motifs is 1. The van der Waals surface area contributed by atoms with E-state index < -0.39 is 0 Å². The summed E-state index contributed by atoms with van der Waals surface area (Å²) in [4.78, 5) is 17.0. The van der Waals surface area contributed by atoms with Crippen LogP contribution in [0.3, 0.4) is 0 Å². The Hall–Kier alpha value is -3.10. The maximum Gasteiger partial charge on any atom is 0.248 e. The van der Waals surface area contributed by atoms with Crippen LogP contribution < -0.4 is 14.8 Å². The van der Waals surface area contributed by atoms with E-state index in [1.165, 1.54) is 6.08 Å². The molecule has 1 heterocycles. The zero-order chi connectivity index (χ0) is 22.7. The smallest absolute Gasteiger partial charge is 0.248 e. The predicted molar refractivity (Wildman–Crippen MR) is 132 cm³/mol. The fourth-order valence-corrected chi connectivity index (χ4v) is 4.03. The third kappa shape index (κ3) is 4.87. The van der Waals surface area contributed by atoms with Gasteiger partial charge in [-0.25, -0.2) is 4.98 Å². The molecule has 0 aliphatic carbocycles. The van der Waals surface area contributed by atoms with Gasteiger partial charge in [-0.2, -0.15) is 0 Å². The Kier molecular flexibility index (Phi) is 6.62. The van der Waals surface area contributed by atoms with E-state index in [0.29, 0.717) is 28.4 Å². The van der Waals surface area contributed by atoms with E-state index >= 15 is 0 Å². The van der Waals surface area contributed by atoms with Crippen molar-refractivity contribution in [2.24, 2.45) is 0 Å². The maximum atomic E-state index is 12.4. The van der Waals surface area contributed by atoms with Gasteiger partial charge in [0.15, 0.2) is 5.58 Å². The minimum Gasteiger partial charge on any atom is -0.496 e. The monoisotopic (exact) mass is 556 g/mol. The van der Waals surface area contributed by atoms with Crippen LogP contribution in [-0.2, 0) is 4.79 Å².